The molecule has 5 nitrogen and oxygen atoms in total. The third-order valence-corrected chi connectivity index (χ3v) is 3.55. The van der Waals surface area contributed by atoms with Gasteiger partial charge in [-0.1, -0.05) is 13.8 Å². The smallest absolute Gasteiger partial charge is 0.226 e. The van der Waals surface area contributed by atoms with Crippen molar-refractivity contribution in [2.75, 3.05) is 18.0 Å². The fraction of sp³-hybridized carbons (Fsp3) is 0.615. The molecule has 0 saturated carbocycles. The van der Waals surface area contributed by atoms with Crippen molar-refractivity contribution in [2.45, 2.75) is 33.2 Å². The van der Waals surface area contributed by atoms with Crippen LogP contribution in [0.5, 0.6) is 0 Å². The summed E-state index contributed by atoms with van der Waals surface area (Å²) in [6.45, 7) is 7.86. The number of aromatic nitrogens is 2. The molecule has 5 heteroatoms. The minimum Gasteiger partial charge on any atom is -0.340 e. The maximum absolute atomic E-state index is 8.95. The molecule has 0 bridgehead atoms. The Hall–Kier alpha value is -1.67. The van der Waals surface area contributed by atoms with Gasteiger partial charge in [0.25, 0.3) is 0 Å². The van der Waals surface area contributed by atoms with Crippen LogP contribution < -0.4 is 10.6 Å². The molecule has 0 aliphatic carbocycles. The molecule has 1 aliphatic rings. The van der Waals surface area contributed by atoms with E-state index in [-0.39, 0.29) is 11.5 Å². The van der Waals surface area contributed by atoms with E-state index in [1.54, 1.807) is 6.07 Å². The lowest BCUT2D eigenvalue weighted by atomic mass is 9.80. The standard InChI is InChI=1S/C13H19N5/c1-9-6-10(7-14)17-12(16-9)18-5-4-11(15)13(2,3)8-18/h6,11H,4-5,8,15H2,1-3H3. The Morgan fingerprint density at radius 3 is 2.83 bits per heavy atom. The first kappa shape index (κ1) is 12.8. The fourth-order valence-electron chi connectivity index (χ4n) is 2.30. The van der Waals surface area contributed by atoms with Crippen LogP contribution in [-0.4, -0.2) is 29.1 Å². The van der Waals surface area contributed by atoms with Crippen molar-refractivity contribution < 1.29 is 0 Å². The van der Waals surface area contributed by atoms with Crippen molar-refractivity contribution in [1.82, 2.24) is 9.97 Å². The second kappa shape index (κ2) is 4.54. The fourth-order valence-corrected chi connectivity index (χ4v) is 2.30. The molecule has 2 heterocycles. The highest BCUT2D eigenvalue weighted by molar-refractivity contribution is 5.37. The molecule has 1 unspecified atom stereocenters. The number of anilines is 1. The Morgan fingerprint density at radius 2 is 2.22 bits per heavy atom. The van der Waals surface area contributed by atoms with Crippen LogP contribution in [0.25, 0.3) is 0 Å². The topological polar surface area (TPSA) is 78.8 Å². The molecule has 2 rings (SSSR count). The zero-order chi connectivity index (χ0) is 13.3. The van der Waals surface area contributed by atoms with Gasteiger partial charge in [-0.3, -0.25) is 0 Å². The van der Waals surface area contributed by atoms with Crippen LogP contribution in [0.3, 0.4) is 0 Å². The molecule has 0 spiro atoms. The predicted octanol–water partition coefficient (Wildman–Crippen LogP) is 1.22. The van der Waals surface area contributed by atoms with Crippen LogP contribution in [0, 0.1) is 23.7 Å². The maximum atomic E-state index is 8.95. The second-order valence-corrected chi connectivity index (χ2v) is 5.61. The molecule has 1 atom stereocenters. The van der Waals surface area contributed by atoms with E-state index in [1.807, 2.05) is 6.92 Å². The lowest BCUT2D eigenvalue weighted by Crippen LogP contribution is -2.53. The van der Waals surface area contributed by atoms with Crippen molar-refractivity contribution in [3.05, 3.63) is 17.5 Å². The highest BCUT2D eigenvalue weighted by Crippen LogP contribution is 2.29. The first-order valence-electron chi connectivity index (χ1n) is 6.19. The van der Waals surface area contributed by atoms with Crippen LogP contribution >= 0.6 is 0 Å². The summed E-state index contributed by atoms with van der Waals surface area (Å²) < 4.78 is 0. The minimum atomic E-state index is 0.0398. The third kappa shape index (κ3) is 2.44. The molecule has 1 fully saturated rings. The van der Waals surface area contributed by atoms with Gasteiger partial charge in [0.2, 0.25) is 5.95 Å². The van der Waals surface area contributed by atoms with Crippen LogP contribution in [0.15, 0.2) is 6.07 Å². The number of nitrogens with zero attached hydrogens (tertiary/aromatic N) is 4. The molecule has 0 amide bonds. The van der Waals surface area contributed by atoms with Crippen LogP contribution in [0.2, 0.25) is 0 Å². The average molecular weight is 245 g/mol. The van der Waals surface area contributed by atoms with E-state index in [2.05, 4.69) is 34.8 Å². The number of hydrogen-bond donors (Lipinski definition) is 1. The summed E-state index contributed by atoms with van der Waals surface area (Å²) in [5.41, 5.74) is 7.40. The Kier molecular flexibility index (Phi) is 3.22. The predicted molar refractivity (Wildman–Crippen MR) is 70.1 cm³/mol. The summed E-state index contributed by atoms with van der Waals surface area (Å²) in [4.78, 5) is 10.8. The van der Waals surface area contributed by atoms with Gasteiger partial charge in [-0.25, -0.2) is 9.97 Å². The van der Waals surface area contributed by atoms with Gasteiger partial charge in [0.05, 0.1) is 0 Å². The highest BCUT2D eigenvalue weighted by atomic mass is 15.3. The van der Waals surface area contributed by atoms with E-state index in [1.165, 1.54) is 0 Å². The van der Waals surface area contributed by atoms with Crippen molar-refractivity contribution in [3.63, 3.8) is 0 Å². The summed E-state index contributed by atoms with van der Waals surface area (Å²) >= 11 is 0. The van der Waals surface area contributed by atoms with Crippen LogP contribution in [-0.2, 0) is 0 Å². The van der Waals surface area contributed by atoms with E-state index in [0.717, 1.165) is 25.2 Å². The van der Waals surface area contributed by atoms with Crippen molar-refractivity contribution >= 4 is 5.95 Å². The van der Waals surface area contributed by atoms with E-state index >= 15 is 0 Å². The molecule has 1 aromatic rings. The third-order valence-electron chi connectivity index (χ3n) is 3.55. The first-order valence-corrected chi connectivity index (χ1v) is 6.19. The first-order chi connectivity index (χ1) is 8.42. The average Bonchev–Trinajstić information content (AvgIpc) is 2.31. The summed E-state index contributed by atoms with van der Waals surface area (Å²) in [6.07, 6.45) is 0.923. The summed E-state index contributed by atoms with van der Waals surface area (Å²) in [5, 5.41) is 8.95. The van der Waals surface area contributed by atoms with Crippen molar-refractivity contribution in [3.8, 4) is 6.07 Å². The monoisotopic (exact) mass is 245 g/mol. The minimum absolute atomic E-state index is 0.0398. The molecule has 1 saturated heterocycles. The van der Waals surface area contributed by atoms with Gasteiger partial charge in [-0.2, -0.15) is 5.26 Å². The van der Waals surface area contributed by atoms with E-state index in [0.29, 0.717) is 11.6 Å². The summed E-state index contributed by atoms with van der Waals surface area (Å²) in [7, 11) is 0. The highest BCUT2D eigenvalue weighted by Gasteiger charge is 2.34. The van der Waals surface area contributed by atoms with Crippen LogP contribution in [0.4, 0.5) is 5.95 Å². The van der Waals surface area contributed by atoms with Gasteiger partial charge in [0.1, 0.15) is 11.8 Å². The van der Waals surface area contributed by atoms with Gasteiger partial charge >= 0.3 is 0 Å². The molecular formula is C13H19N5. The maximum Gasteiger partial charge on any atom is 0.226 e. The molecule has 0 aromatic carbocycles. The zero-order valence-corrected chi connectivity index (χ0v) is 11.1. The van der Waals surface area contributed by atoms with Crippen molar-refractivity contribution in [2.24, 2.45) is 11.1 Å². The molecule has 1 aromatic heterocycles. The Morgan fingerprint density at radius 1 is 1.50 bits per heavy atom. The quantitative estimate of drug-likeness (QED) is 0.804. The molecule has 18 heavy (non-hydrogen) atoms. The number of hydrogen-bond acceptors (Lipinski definition) is 5. The molecule has 0 radical (unpaired) electrons. The van der Waals surface area contributed by atoms with Gasteiger partial charge in [-0.05, 0) is 24.8 Å². The van der Waals surface area contributed by atoms with E-state index in [9.17, 15) is 0 Å². The molecule has 96 valence electrons. The summed E-state index contributed by atoms with van der Waals surface area (Å²) in [6, 6.07) is 3.98. The lowest BCUT2D eigenvalue weighted by molar-refractivity contribution is 0.243. The van der Waals surface area contributed by atoms with Gasteiger partial charge in [0, 0.05) is 24.8 Å². The normalized spacial score (nSPS) is 22.6. The molecule has 2 N–H and O–H groups in total. The second-order valence-electron chi connectivity index (χ2n) is 5.61. The van der Waals surface area contributed by atoms with Crippen LogP contribution in [0.1, 0.15) is 31.7 Å². The van der Waals surface area contributed by atoms with Gasteiger partial charge < -0.3 is 10.6 Å². The van der Waals surface area contributed by atoms with E-state index < -0.39 is 0 Å². The van der Waals surface area contributed by atoms with Gasteiger partial charge in [-0.15, -0.1) is 0 Å². The number of aryl methyl sites for hydroxylation is 1. The molecular weight excluding hydrogens is 226 g/mol. The summed E-state index contributed by atoms with van der Waals surface area (Å²) in [5.74, 6) is 0.645. The number of rotatable bonds is 1. The number of nitriles is 1. The Balaban J connectivity index is 2.28. The number of nitrogens with two attached hydrogens (primary N) is 1. The zero-order valence-electron chi connectivity index (χ0n) is 11.1. The largest absolute Gasteiger partial charge is 0.340 e. The van der Waals surface area contributed by atoms with Gasteiger partial charge in [0.15, 0.2) is 0 Å². The Bertz CT molecular complexity index is 489. The Labute approximate surface area is 108 Å². The van der Waals surface area contributed by atoms with E-state index in [4.69, 9.17) is 11.0 Å². The SMILES string of the molecule is Cc1cc(C#N)nc(N2CCC(N)C(C)(C)C2)n1. The number of piperidine rings is 1. The lowest BCUT2D eigenvalue weighted by Gasteiger charge is -2.42. The molecule has 1 aliphatic heterocycles. The van der Waals surface area contributed by atoms with Crippen molar-refractivity contribution in [1.29, 1.82) is 5.26 Å².